The lowest BCUT2D eigenvalue weighted by atomic mass is 9.76. The van der Waals surface area contributed by atoms with Crippen LogP contribution in [0.2, 0.25) is 0 Å². The number of hydrogen-bond donors (Lipinski definition) is 1. The lowest BCUT2D eigenvalue weighted by Crippen LogP contribution is -2.38. The Morgan fingerprint density at radius 3 is 2.20 bits per heavy atom. The SMILES string of the molecule is CCOc1ccc(C(CC)(CC)CNCCOC)cc1. The molecule has 0 aliphatic rings. The molecule has 0 bridgehead atoms. The highest BCUT2D eigenvalue weighted by molar-refractivity contribution is 5.32. The van der Waals surface area contributed by atoms with E-state index in [0.29, 0.717) is 6.61 Å². The summed E-state index contributed by atoms with van der Waals surface area (Å²) in [5, 5.41) is 3.51. The first-order valence-corrected chi connectivity index (χ1v) is 7.65. The number of nitrogens with one attached hydrogen (secondary N) is 1. The summed E-state index contributed by atoms with van der Waals surface area (Å²) in [6, 6.07) is 8.56. The van der Waals surface area contributed by atoms with Crippen LogP contribution in [0, 0.1) is 0 Å². The molecule has 3 heteroatoms. The molecule has 0 aromatic heterocycles. The Kier molecular flexibility index (Phi) is 7.63. The molecule has 20 heavy (non-hydrogen) atoms. The Labute approximate surface area is 123 Å². The Bertz CT molecular complexity index is 358. The first-order chi connectivity index (χ1) is 9.72. The molecular formula is C17H29NO2. The summed E-state index contributed by atoms with van der Waals surface area (Å²) in [5.41, 5.74) is 1.58. The maximum absolute atomic E-state index is 5.52. The molecule has 1 N–H and O–H groups in total. The molecule has 114 valence electrons. The largest absolute Gasteiger partial charge is 0.494 e. The van der Waals surface area contributed by atoms with Crippen molar-refractivity contribution in [1.82, 2.24) is 5.32 Å². The monoisotopic (exact) mass is 279 g/mol. The molecule has 0 radical (unpaired) electrons. The minimum atomic E-state index is 0.193. The van der Waals surface area contributed by atoms with Crippen molar-refractivity contribution in [3.8, 4) is 5.75 Å². The van der Waals surface area contributed by atoms with Gasteiger partial charge in [0.05, 0.1) is 13.2 Å². The Balaban J connectivity index is 2.77. The molecule has 0 amide bonds. The van der Waals surface area contributed by atoms with E-state index in [1.54, 1.807) is 7.11 Å². The number of benzene rings is 1. The maximum Gasteiger partial charge on any atom is 0.119 e. The quantitative estimate of drug-likeness (QED) is 0.666. The number of methoxy groups -OCH3 is 1. The van der Waals surface area contributed by atoms with Gasteiger partial charge in [-0.05, 0) is 37.5 Å². The van der Waals surface area contributed by atoms with E-state index >= 15 is 0 Å². The summed E-state index contributed by atoms with van der Waals surface area (Å²) >= 11 is 0. The van der Waals surface area contributed by atoms with Gasteiger partial charge in [-0.1, -0.05) is 26.0 Å². The fraction of sp³-hybridized carbons (Fsp3) is 0.647. The van der Waals surface area contributed by atoms with Gasteiger partial charge in [-0.15, -0.1) is 0 Å². The summed E-state index contributed by atoms with van der Waals surface area (Å²) in [5.74, 6) is 0.949. The van der Waals surface area contributed by atoms with Crippen LogP contribution < -0.4 is 10.1 Å². The third kappa shape index (κ3) is 4.50. The van der Waals surface area contributed by atoms with Crippen LogP contribution >= 0.6 is 0 Å². The fourth-order valence-electron chi connectivity index (χ4n) is 2.58. The van der Waals surface area contributed by atoms with Crippen LogP contribution in [0.25, 0.3) is 0 Å². The van der Waals surface area contributed by atoms with Crippen LogP contribution in [-0.4, -0.2) is 33.4 Å². The predicted octanol–water partition coefficient (Wildman–Crippen LogP) is 3.38. The van der Waals surface area contributed by atoms with E-state index in [2.05, 4.69) is 43.4 Å². The second-order valence-electron chi connectivity index (χ2n) is 5.11. The van der Waals surface area contributed by atoms with Crippen molar-refractivity contribution >= 4 is 0 Å². The Hall–Kier alpha value is -1.06. The highest BCUT2D eigenvalue weighted by Crippen LogP contribution is 2.32. The van der Waals surface area contributed by atoms with Crippen molar-refractivity contribution in [2.45, 2.75) is 39.0 Å². The van der Waals surface area contributed by atoms with Crippen LogP contribution in [0.3, 0.4) is 0 Å². The minimum Gasteiger partial charge on any atom is -0.494 e. The molecule has 0 atom stereocenters. The summed E-state index contributed by atoms with van der Waals surface area (Å²) in [6.07, 6.45) is 2.24. The van der Waals surface area contributed by atoms with Gasteiger partial charge in [0.25, 0.3) is 0 Å². The van der Waals surface area contributed by atoms with Gasteiger partial charge in [0.1, 0.15) is 5.75 Å². The standard InChI is InChI=1S/C17H29NO2/c1-5-17(6-2,14-18-12-13-19-4)15-8-10-16(11-9-15)20-7-3/h8-11,18H,5-7,12-14H2,1-4H3. The van der Waals surface area contributed by atoms with Gasteiger partial charge >= 0.3 is 0 Å². The molecule has 3 nitrogen and oxygen atoms in total. The third-order valence-electron chi connectivity index (χ3n) is 4.08. The molecular weight excluding hydrogens is 250 g/mol. The van der Waals surface area contributed by atoms with E-state index in [9.17, 15) is 0 Å². The van der Waals surface area contributed by atoms with Crippen LogP contribution in [-0.2, 0) is 10.2 Å². The van der Waals surface area contributed by atoms with E-state index < -0.39 is 0 Å². The van der Waals surface area contributed by atoms with Gasteiger partial charge in [0.2, 0.25) is 0 Å². The van der Waals surface area contributed by atoms with Gasteiger partial charge < -0.3 is 14.8 Å². The van der Waals surface area contributed by atoms with Crippen molar-refractivity contribution in [3.05, 3.63) is 29.8 Å². The smallest absolute Gasteiger partial charge is 0.119 e. The molecule has 0 saturated carbocycles. The van der Waals surface area contributed by atoms with Crippen molar-refractivity contribution in [3.63, 3.8) is 0 Å². The normalized spacial score (nSPS) is 11.6. The number of ether oxygens (including phenoxy) is 2. The van der Waals surface area contributed by atoms with Crippen LogP contribution in [0.1, 0.15) is 39.2 Å². The first kappa shape index (κ1) is 17.0. The van der Waals surface area contributed by atoms with E-state index in [1.165, 1.54) is 5.56 Å². The molecule has 1 aromatic rings. The van der Waals surface area contributed by atoms with Gasteiger partial charge in [0.15, 0.2) is 0 Å². The second kappa shape index (κ2) is 8.98. The average Bonchev–Trinajstić information content (AvgIpc) is 2.49. The first-order valence-electron chi connectivity index (χ1n) is 7.65. The molecule has 0 aliphatic carbocycles. The van der Waals surface area contributed by atoms with Gasteiger partial charge in [0, 0.05) is 25.6 Å². The Morgan fingerprint density at radius 2 is 1.70 bits per heavy atom. The molecule has 0 heterocycles. The Morgan fingerprint density at radius 1 is 1.05 bits per heavy atom. The third-order valence-corrected chi connectivity index (χ3v) is 4.08. The van der Waals surface area contributed by atoms with E-state index in [4.69, 9.17) is 9.47 Å². The van der Waals surface area contributed by atoms with Gasteiger partial charge in [-0.3, -0.25) is 0 Å². The molecule has 0 aliphatic heterocycles. The van der Waals surface area contributed by atoms with Crippen LogP contribution in [0.4, 0.5) is 0 Å². The molecule has 0 saturated heterocycles. The van der Waals surface area contributed by atoms with E-state index in [0.717, 1.165) is 38.3 Å². The van der Waals surface area contributed by atoms with Crippen molar-refractivity contribution in [1.29, 1.82) is 0 Å². The highest BCUT2D eigenvalue weighted by atomic mass is 16.5. The maximum atomic E-state index is 5.52. The zero-order chi connectivity index (χ0) is 14.8. The van der Waals surface area contributed by atoms with Gasteiger partial charge in [-0.25, -0.2) is 0 Å². The lowest BCUT2D eigenvalue weighted by Gasteiger charge is -2.33. The van der Waals surface area contributed by atoms with E-state index in [1.807, 2.05) is 6.92 Å². The zero-order valence-electron chi connectivity index (χ0n) is 13.4. The molecule has 0 fully saturated rings. The highest BCUT2D eigenvalue weighted by Gasteiger charge is 2.27. The average molecular weight is 279 g/mol. The van der Waals surface area contributed by atoms with Crippen LogP contribution in [0.5, 0.6) is 5.75 Å². The summed E-state index contributed by atoms with van der Waals surface area (Å²) in [7, 11) is 1.74. The molecule has 0 unspecified atom stereocenters. The van der Waals surface area contributed by atoms with Crippen molar-refractivity contribution < 1.29 is 9.47 Å². The fourth-order valence-corrected chi connectivity index (χ4v) is 2.58. The molecule has 0 spiro atoms. The van der Waals surface area contributed by atoms with E-state index in [-0.39, 0.29) is 5.41 Å². The zero-order valence-corrected chi connectivity index (χ0v) is 13.4. The lowest BCUT2D eigenvalue weighted by molar-refractivity contribution is 0.195. The topological polar surface area (TPSA) is 30.5 Å². The number of hydrogen-bond acceptors (Lipinski definition) is 3. The van der Waals surface area contributed by atoms with Crippen molar-refractivity contribution in [2.24, 2.45) is 0 Å². The minimum absolute atomic E-state index is 0.193. The predicted molar refractivity (Wildman–Crippen MR) is 84.6 cm³/mol. The van der Waals surface area contributed by atoms with Gasteiger partial charge in [-0.2, -0.15) is 0 Å². The molecule has 1 aromatic carbocycles. The van der Waals surface area contributed by atoms with Crippen molar-refractivity contribution in [2.75, 3.05) is 33.4 Å². The molecule has 1 rings (SSSR count). The number of rotatable bonds is 10. The second-order valence-corrected chi connectivity index (χ2v) is 5.11. The summed E-state index contributed by atoms with van der Waals surface area (Å²) in [6.45, 7) is 9.88. The summed E-state index contributed by atoms with van der Waals surface area (Å²) < 4.78 is 10.6. The summed E-state index contributed by atoms with van der Waals surface area (Å²) in [4.78, 5) is 0. The van der Waals surface area contributed by atoms with Crippen LogP contribution in [0.15, 0.2) is 24.3 Å².